The van der Waals surface area contributed by atoms with Gasteiger partial charge in [-0.05, 0) is 38.5 Å². The van der Waals surface area contributed by atoms with Gasteiger partial charge in [0.25, 0.3) is 0 Å². The Bertz CT molecular complexity index is 214. The van der Waals surface area contributed by atoms with E-state index >= 15 is 0 Å². The average molecular weight is 227 g/mol. The molecule has 2 rings (SSSR count). The lowest BCUT2D eigenvalue weighted by Crippen LogP contribution is -2.52. The van der Waals surface area contributed by atoms with Crippen LogP contribution in [0, 0.1) is 5.92 Å². The molecule has 3 heteroatoms. The number of aliphatic hydroxyl groups excluding tert-OH is 1. The van der Waals surface area contributed by atoms with Crippen LogP contribution >= 0.6 is 0 Å². The lowest BCUT2D eigenvalue weighted by molar-refractivity contribution is -0.109. The Morgan fingerprint density at radius 1 is 1.12 bits per heavy atom. The number of hydrogen-bond acceptors (Lipinski definition) is 3. The molecular weight excluding hydrogens is 202 g/mol. The molecule has 0 bridgehead atoms. The summed E-state index contributed by atoms with van der Waals surface area (Å²) in [7, 11) is 0. The van der Waals surface area contributed by atoms with Gasteiger partial charge >= 0.3 is 0 Å². The fraction of sp³-hybridized carbons (Fsp3) is 1.00. The van der Waals surface area contributed by atoms with Crippen LogP contribution in [0.2, 0.25) is 0 Å². The Morgan fingerprint density at radius 3 is 2.44 bits per heavy atom. The number of ether oxygens (including phenoxy) is 1. The molecule has 0 spiro atoms. The highest BCUT2D eigenvalue weighted by Gasteiger charge is 2.31. The van der Waals surface area contributed by atoms with Gasteiger partial charge in [0.15, 0.2) is 0 Å². The SMILES string of the molecule is CC1CCC(N2CC(C)OC(CO)C2)CC1. The second kappa shape index (κ2) is 5.48. The van der Waals surface area contributed by atoms with Crippen molar-refractivity contribution in [3.8, 4) is 0 Å². The van der Waals surface area contributed by atoms with E-state index in [1.54, 1.807) is 0 Å². The van der Waals surface area contributed by atoms with Crippen LogP contribution in [0.1, 0.15) is 39.5 Å². The minimum absolute atomic E-state index is 0.0306. The molecular formula is C13H25NO2. The van der Waals surface area contributed by atoms with Crippen molar-refractivity contribution in [1.82, 2.24) is 4.90 Å². The van der Waals surface area contributed by atoms with Crippen LogP contribution in [0.15, 0.2) is 0 Å². The number of rotatable bonds is 2. The highest BCUT2D eigenvalue weighted by Crippen LogP contribution is 2.28. The maximum absolute atomic E-state index is 9.22. The second-order valence-corrected chi connectivity index (χ2v) is 5.62. The highest BCUT2D eigenvalue weighted by atomic mass is 16.5. The van der Waals surface area contributed by atoms with Crippen LogP contribution in [0.4, 0.5) is 0 Å². The summed E-state index contributed by atoms with van der Waals surface area (Å²) in [6.07, 6.45) is 5.67. The molecule has 16 heavy (non-hydrogen) atoms. The van der Waals surface area contributed by atoms with E-state index in [1.807, 2.05) is 0 Å². The van der Waals surface area contributed by atoms with Crippen LogP contribution in [-0.4, -0.2) is 48.0 Å². The lowest BCUT2D eigenvalue weighted by atomic mass is 9.86. The fourth-order valence-electron chi connectivity index (χ4n) is 3.09. The summed E-state index contributed by atoms with van der Waals surface area (Å²) < 4.78 is 5.69. The quantitative estimate of drug-likeness (QED) is 0.778. The molecule has 0 amide bonds. The zero-order chi connectivity index (χ0) is 11.5. The number of morpholine rings is 1. The monoisotopic (exact) mass is 227 g/mol. The first-order valence-electron chi connectivity index (χ1n) is 6.69. The largest absolute Gasteiger partial charge is 0.394 e. The third-order valence-electron chi connectivity index (χ3n) is 4.06. The van der Waals surface area contributed by atoms with E-state index in [0.29, 0.717) is 0 Å². The zero-order valence-electron chi connectivity index (χ0n) is 10.6. The molecule has 1 N–H and O–H groups in total. The third-order valence-corrected chi connectivity index (χ3v) is 4.06. The van der Waals surface area contributed by atoms with Crippen LogP contribution < -0.4 is 0 Å². The molecule has 1 aliphatic heterocycles. The Labute approximate surface area is 98.8 Å². The Balaban J connectivity index is 1.88. The molecule has 1 aliphatic carbocycles. The maximum Gasteiger partial charge on any atom is 0.0936 e. The lowest BCUT2D eigenvalue weighted by Gasteiger charge is -2.42. The minimum atomic E-state index is 0.0306. The van der Waals surface area contributed by atoms with E-state index in [1.165, 1.54) is 25.7 Å². The molecule has 0 aromatic carbocycles. The van der Waals surface area contributed by atoms with Crippen molar-refractivity contribution in [2.75, 3.05) is 19.7 Å². The van der Waals surface area contributed by atoms with Crippen LogP contribution in [0.5, 0.6) is 0 Å². The highest BCUT2D eigenvalue weighted by molar-refractivity contribution is 4.84. The van der Waals surface area contributed by atoms with Gasteiger partial charge in [-0.25, -0.2) is 0 Å². The van der Waals surface area contributed by atoms with E-state index < -0.39 is 0 Å². The fourth-order valence-corrected chi connectivity index (χ4v) is 3.09. The van der Waals surface area contributed by atoms with Gasteiger partial charge in [-0.3, -0.25) is 4.90 Å². The van der Waals surface area contributed by atoms with Gasteiger partial charge in [0, 0.05) is 19.1 Å². The van der Waals surface area contributed by atoms with E-state index in [0.717, 1.165) is 25.0 Å². The first kappa shape index (κ1) is 12.3. The molecule has 1 saturated heterocycles. The minimum Gasteiger partial charge on any atom is -0.394 e. The van der Waals surface area contributed by atoms with Crippen molar-refractivity contribution in [2.45, 2.75) is 57.8 Å². The Kier molecular flexibility index (Phi) is 4.22. The van der Waals surface area contributed by atoms with Crippen molar-refractivity contribution in [1.29, 1.82) is 0 Å². The predicted octanol–water partition coefficient (Wildman–Crippen LogP) is 1.65. The van der Waals surface area contributed by atoms with Gasteiger partial charge in [-0.1, -0.05) is 6.92 Å². The summed E-state index contributed by atoms with van der Waals surface area (Å²) in [5, 5.41) is 9.22. The Hall–Kier alpha value is -0.120. The summed E-state index contributed by atoms with van der Waals surface area (Å²) in [6.45, 7) is 6.58. The maximum atomic E-state index is 9.22. The first-order valence-corrected chi connectivity index (χ1v) is 6.69. The molecule has 1 heterocycles. The number of hydrogen-bond donors (Lipinski definition) is 1. The van der Waals surface area contributed by atoms with E-state index in [4.69, 9.17) is 4.74 Å². The van der Waals surface area contributed by atoms with Crippen molar-refractivity contribution in [3.05, 3.63) is 0 Å². The van der Waals surface area contributed by atoms with E-state index in [9.17, 15) is 5.11 Å². The molecule has 94 valence electrons. The van der Waals surface area contributed by atoms with E-state index in [-0.39, 0.29) is 18.8 Å². The van der Waals surface area contributed by atoms with Crippen LogP contribution in [-0.2, 0) is 4.74 Å². The van der Waals surface area contributed by atoms with Gasteiger partial charge in [-0.15, -0.1) is 0 Å². The molecule has 2 fully saturated rings. The molecule has 0 aromatic heterocycles. The average Bonchev–Trinajstić information content (AvgIpc) is 2.29. The topological polar surface area (TPSA) is 32.7 Å². The van der Waals surface area contributed by atoms with Crippen LogP contribution in [0.25, 0.3) is 0 Å². The van der Waals surface area contributed by atoms with Gasteiger partial charge in [-0.2, -0.15) is 0 Å². The molecule has 3 nitrogen and oxygen atoms in total. The summed E-state index contributed by atoms with van der Waals surface area (Å²) in [4.78, 5) is 2.54. The van der Waals surface area contributed by atoms with E-state index in [2.05, 4.69) is 18.7 Å². The van der Waals surface area contributed by atoms with Gasteiger partial charge in [0.05, 0.1) is 18.8 Å². The van der Waals surface area contributed by atoms with Crippen molar-refractivity contribution in [3.63, 3.8) is 0 Å². The molecule has 2 atom stereocenters. The van der Waals surface area contributed by atoms with Crippen molar-refractivity contribution >= 4 is 0 Å². The van der Waals surface area contributed by atoms with Crippen molar-refractivity contribution in [2.24, 2.45) is 5.92 Å². The summed E-state index contributed by atoms with van der Waals surface area (Å²) in [5.41, 5.74) is 0. The van der Waals surface area contributed by atoms with Crippen molar-refractivity contribution < 1.29 is 9.84 Å². The molecule has 2 unspecified atom stereocenters. The third kappa shape index (κ3) is 2.96. The zero-order valence-corrected chi connectivity index (χ0v) is 10.6. The molecule has 0 aromatic rings. The first-order chi connectivity index (χ1) is 7.69. The number of nitrogens with zero attached hydrogens (tertiary/aromatic N) is 1. The summed E-state index contributed by atoms with van der Waals surface area (Å²) in [5.74, 6) is 0.906. The summed E-state index contributed by atoms with van der Waals surface area (Å²) in [6, 6.07) is 0.733. The van der Waals surface area contributed by atoms with Gasteiger partial charge in [0.2, 0.25) is 0 Å². The van der Waals surface area contributed by atoms with Gasteiger partial charge < -0.3 is 9.84 Å². The Morgan fingerprint density at radius 2 is 1.81 bits per heavy atom. The molecule has 2 aliphatic rings. The van der Waals surface area contributed by atoms with Crippen LogP contribution in [0.3, 0.4) is 0 Å². The summed E-state index contributed by atoms with van der Waals surface area (Å²) >= 11 is 0. The normalized spacial score (nSPS) is 42.2. The molecule has 1 saturated carbocycles. The second-order valence-electron chi connectivity index (χ2n) is 5.62. The standard InChI is InChI=1S/C13H25NO2/c1-10-3-5-12(6-4-10)14-7-11(2)16-13(8-14)9-15/h10-13,15H,3-9H2,1-2H3. The predicted molar refractivity (Wildman–Crippen MR) is 64.4 cm³/mol. The molecule has 0 radical (unpaired) electrons. The number of aliphatic hydroxyl groups is 1. The van der Waals surface area contributed by atoms with Gasteiger partial charge in [0.1, 0.15) is 0 Å². The smallest absolute Gasteiger partial charge is 0.0936 e.